The van der Waals surface area contributed by atoms with E-state index in [4.69, 9.17) is 15.3 Å². The van der Waals surface area contributed by atoms with Crippen LogP contribution < -0.4 is 0 Å². The standard InChI is InChI=1S/C17H16N2O4S.C9H8O4/c20-17(21)10-4-6-13-12-15-16(9-5-11-18-15)19(13)24(22,23)14-7-2-1-3-8-14;1-5-2-6(8(10)11)4-7(3-5)9(12)13/h1-3,5,7-9,11-12H,4,6,10H2,(H,20,21);2-4H,1H3,(H,10,11)(H,12,13). The maximum Gasteiger partial charge on any atom is 0.335 e. The van der Waals surface area contributed by atoms with Crippen molar-refractivity contribution in [2.45, 2.75) is 31.1 Å². The molecule has 0 aliphatic carbocycles. The Kier molecular flexibility index (Phi) is 8.41. The molecule has 0 saturated carbocycles. The summed E-state index contributed by atoms with van der Waals surface area (Å²) in [7, 11) is -3.77. The molecule has 37 heavy (non-hydrogen) atoms. The van der Waals surface area contributed by atoms with Crippen molar-refractivity contribution >= 4 is 39.0 Å². The Balaban J connectivity index is 0.000000248. The molecule has 192 valence electrons. The monoisotopic (exact) mass is 524 g/mol. The highest BCUT2D eigenvalue weighted by atomic mass is 32.2. The molecule has 3 N–H and O–H groups in total. The molecule has 10 nitrogen and oxygen atoms in total. The lowest BCUT2D eigenvalue weighted by Crippen LogP contribution is -2.16. The van der Waals surface area contributed by atoms with E-state index in [0.717, 1.165) is 6.07 Å². The van der Waals surface area contributed by atoms with Gasteiger partial charge in [-0.25, -0.2) is 22.0 Å². The number of nitrogens with zero attached hydrogens (tertiary/aromatic N) is 2. The van der Waals surface area contributed by atoms with Gasteiger partial charge in [-0.05, 0) is 73.9 Å². The number of carbonyl (C=O) groups is 3. The minimum absolute atomic E-state index is 0.00241. The van der Waals surface area contributed by atoms with Crippen LogP contribution >= 0.6 is 0 Å². The van der Waals surface area contributed by atoms with Crippen LogP contribution in [0.2, 0.25) is 0 Å². The van der Waals surface area contributed by atoms with E-state index in [1.807, 2.05) is 0 Å². The van der Waals surface area contributed by atoms with E-state index in [0.29, 0.717) is 35.1 Å². The number of aromatic nitrogens is 2. The highest BCUT2D eigenvalue weighted by Crippen LogP contribution is 2.25. The molecule has 2 heterocycles. The van der Waals surface area contributed by atoms with Crippen molar-refractivity contribution in [1.29, 1.82) is 0 Å². The summed E-state index contributed by atoms with van der Waals surface area (Å²) in [4.78, 5) is 36.2. The molecule has 2 aromatic carbocycles. The zero-order valence-corrected chi connectivity index (χ0v) is 20.6. The number of aliphatic carboxylic acids is 1. The fourth-order valence-corrected chi connectivity index (χ4v) is 5.25. The van der Waals surface area contributed by atoms with Crippen molar-refractivity contribution < 1.29 is 38.1 Å². The van der Waals surface area contributed by atoms with Gasteiger partial charge in [0.2, 0.25) is 0 Å². The van der Waals surface area contributed by atoms with Crippen LogP contribution in [0.25, 0.3) is 11.0 Å². The topological polar surface area (TPSA) is 164 Å². The maximum absolute atomic E-state index is 13.0. The van der Waals surface area contributed by atoms with Gasteiger partial charge in [-0.15, -0.1) is 0 Å². The van der Waals surface area contributed by atoms with E-state index in [1.54, 1.807) is 61.7 Å². The van der Waals surface area contributed by atoms with Crippen LogP contribution in [0.3, 0.4) is 0 Å². The predicted molar refractivity (Wildman–Crippen MR) is 134 cm³/mol. The molecule has 0 atom stereocenters. The van der Waals surface area contributed by atoms with Crippen LogP contribution in [-0.2, 0) is 21.2 Å². The van der Waals surface area contributed by atoms with E-state index in [2.05, 4.69) is 4.98 Å². The Hall–Kier alpha value is -4.51. The summed E-state index contributed by atoms with van der Waals surface area (Å²) in [6.07, 6.45) is 2.29. The molecule has 0 spiro atoms. The molecular weight excluding hydrogens is 500 g/mol. The molecule has 4 aromatic rings. The Labute approximate surface area is 212 Å². The van der Waals surface area contributed by atoms with Gasteiger partial charge in [0.15, 0.2) is 0 Å². The summed E-state index contributed by atoms with van der Waals surface area (Å²) in [5, 5.41) is 26.0. The molecule has 2 aromatic heterocycles. The molecule has 0 unspecified atom stereocenters. The normalized spacial score (nSPS) is 10.9. The van der Waals surface area contributed by atoms with Crippen LogP contribution in [-0.4, -0.2) is 50.6 Å². The second kappa shape index (κ2) is 11.5. The minimum Gasteiger partial charge on any atom is -0.481 e. The number of aromatic carboxylic acids is 2. The van der Waals surface area contributed by atoms with Gasteiger partial charge in [0.1, 0.15) is 0 Å². The van der Waals surface area contributed by atoms with Gasteiger partial charge in [-0.1, -0.05) is 18.2 Å². The molecular formula is C26H24N2O8S. The van der Waals surface area contributed by atoms with Crippen molar-refractivity contribution in [2.24, 2.45) is 0 Å². The van der Waals surface area contributed by atoms with Crippen LogP contribution in [0.4, 0.5) is 0 Å². The minimum atomic E-state index is -3.77. The predicted octanol–water partition coefficient (Wildman–Crippen LogP) is 4.07. The van der Waals surface area contributed by atoms with Gasteiger partial charge in [-0.2, -0.15) is 0 Å². The summed E-state index contributed by atoms with van der Waals surface area (Å²) < 4.78 is 27.4. The summed E-state index contributed by atoms with van der Waals surface area (Å²) in [5.74, 6) is -3.14. The van der Waals surface area contributed by atoms with Gasteiger partial charge >= 0.3 is 17.9 Å². The number of pyridine rings is 1. The third-order valence-electron chi connectivity index (χ3n) is 5.28. The Morgan fingerprint density at radius 1 is 0.865 bits per heavy atom. The number of carboxylic acid groups (broad SMARTS) is 3. The number of fused-ring (bicyclic) bond motifs is 1. The van der Waals surface area contributed by atoms with E-state index in [9.17, 15) is 22.8 Å². The number of benzene rings is 2. The Morgan fingerprint density at radius 2 is 1.49 bits per heavy atom. The summed E-state index contributed by atoms with van der Waals surface area (Å²) in [6.45, 7) is 1.65. The Bertz CT molecular complexity index is 1530. The van der Waals surface area contributed by atoms with E-state index in [1.165, 1.54) is 16.1 Å². The number of aryl methyl sites for hydroxylation is 2. The second-order valence-electron chi connectivity index (χ2n) is 8.07. The van der Waals surface area contributed by atoms with Crippen LogP contribution in [0, 0.1) is 6.92 Å². The number of rotatable bonds is 8. The van der Waals surface area contributed by atoms with Gasteiger partial charge in [0, 0.05) is 18.3 Å². The van der Waals surface area contributed by atoms with Crippen LogP contribution in [0.15, 0.2) is 77.8 Å². The third kappa shape index (κ3) is 6.58. The largest absolute Gasteiger partial charge is 0.481 e. The van der Waals surface area contributed by atoms with Gasteiger partial charge in [-0.3, -0.25) is 9.78 Å². The summed E-state index contributed by atoms with van der Waals surface area (Å²) >= 11 is 0. The summed E-state index contributed by atoms with van der Waals surface area (Å²) in [6, 6.07) is 17.2. The van der Waals surface area contributed by atoms with Gasteiger partial charge < -0.3 is 15.3 Å². The first kappa shape index (κ1) is 27.1. The molecule has 0 bridgehead atoms. The first-order chi connectivity index (χ1) is 17.5. The molecule has 0 aliphatic rings. The number of carboxylic acids is 3. The van der Waals surface area contributed by atoms with Gasteiger partial charge in [0.05, 0.1) is 27.1 Å². The average molecular weight is 525 g/mol. The van der Waals surface area contributed by atoms with E-state index in [-0.39, 0.29) is 22.4 Å². The van der Waals surface area contributed by atoms with Gasteiger partial charge in [0.25, 0.3) is 10.0 Å². The molecule has 11 heteroatoms. The first-order valence-electron chi connectivity index (χ1n) is 11.1. The third-order valence-corrected chi connectivity index (χ3v) is 7.06. The lowest BCUT2D eigenvalue weighted by molar-refractivity contribution is -0.137. The van der Waals surface area contributed by atoms with Crippen LogP contribution in [0.1, 0.15) is 44.8 Å². The zero-order chi connectivity index (χ0) is 27.2. The van der Waals surface area contributed by atoms with Crippen molar-refractivity contribution in [2.75, 3.05) is 0 Å². The average Bonchev–Trinajstić information content (AvgIpc) is 3.23. The van der Waals surface area contributed by atoms with E-state index >= 15 is 0 Å². The lowest BCUT2D eigenvalue weighted by atomic mass is 10.1. The van der Waals surface area contributed by atoms with Crippen molar-refractivity contribution in [1.82, 2.24) is 8.96 Å². The fourth-order valence-electron chi connectivity index (χ4n) is 3.67. The Morgan fingerprint density at radius 3 is 2.05 bits per heavy atom. The SMILES string of the molecule is Cc1cc(C(=O)O)cc(C(=O)O)c1.O=C(O)CCCc1cc2ncccc2n1S(=O)(=O)c1ccccc1. The highest BCUT2D eigenvalue weighted by molar-refractivity contribution is 7.90. The fraction of sp³-hybridized carbons (Fsp3) is 0.154. The lowest BCUT2D eigenvalue weighted by Gasteiger charge is -2.11. The quantitative estimate of drug-likeness (QED) is 0.308. The first-order valence-corrected chi connectivity index (χ1v) is 12.5. The maximum atomic E-state index is 13.0. The molecule has 0 fully saturated rings. The molecule has 0 radical (unpaired) electrons. The smallest absolute Gasteiger partial charge is 0.335 e. The molecule has 0 amide bonds. The van der Waals surface area contributed by atoms with Crippen molar-refractivity contribution in [3.63, 3.8) is 0 Å². The molecule has 4 rings (SSSR count). The second-order valence-corrected chi connectivity index (χ2v) is 9.86. The summed E-state index contributed by atoms with van der Waals surface area (Å²) in [5.41, 5.74) is 2.22. The van der Waals surface area contributed by atoms with Crippen molar-refractivity contribution in [3.8, 4) is 0 Å². The number of hydrogen-bond acceptors (Lipinski definition) is 6. The molecule has 0 saturated heterocycles. The molecule has 0 aliphatic heterocycles. The number of hydrogen-bond donors (Lipinski definition) is 3. The highest BCUT2D eigenvalue weighted by Gasteiger charge is 2.23. The van der Waals surface area contributed by atoms with E-state index < -0.39 is 27.9 Å². The zero-order valence-electron chi connectivity index (χ0n) is 19.7. The van der Waals surface area contributed by atoms with Crippen molar-refractivity contribution in [3.05, 3.63) is 95.3 Å². The van der Waals surface area contributed by atoms with Crippen LogP contribution in [0.5, 0.6) is 0 Å².